The summed E-state index contributed by atoms with van der Waals surface area (Å²) in [5.74, 6) is 0.387. The van der Waals surface area contributed by atoms with Crippen LogP contribution >= 0.6 is 0 Å². The fourth-order valence-electron chi connectivity index (χ4n) is 2.34. The van der Waals surface area contributed by atoms with Gasteiger partial charge in [0.2, 0.25) is 5.91 Å². The van der Waals surface area contributed by atoms with Gasteiger partial charge >= 0.3 is 0 Å². The van der Waals surface area contributed by atoms with E-state index in [0.717, 1.165) is 31.6 Å². The van der Waals surface area contributed by atoms with E-state index in [4.69, 9.17) is 0 Å². The molecule has 4 nitrogen and oxygen atoms in total. The number of amides is 1. The predicted octanol–water partition coefficient (Wildman–Crippen LogP) is 4.01. The highest BCUT2D eigenvalue weighted by atomic mass is 16.3. The Kier molecular flexibility index (Phi) is 9.12. The molecule has 4 heteroatoms. The molecule has 0 saturated carbocycles. The molecule has 2 N–H and O–H groups in total. The van der Waals surface area contributed by atoms with Gasteiger partial charge in [0.15, 0.2) is 0 Å². The van der Waals surface area contributed by atoms with Gasteiger partial charge < -0.3 is 15.3 Å². The minimum Gasteiger partial charge on any atom is -0.508 e. The Morgan fingerprint density at radius 2 is 1.55 bits per heavy atom. The average molecular weight is 306 g/mol. The first-order valence-corrected chi connectivity index (χ1v) is 8.48. The van der Waals surface area contributed by atoms with Crippen LogP contribution in [0.4, 0.5) is 5.69 Å². The monoisotopic (exact) mass is 306 g/mol. The van der Waals surface area contributed by atoms with Gasteiger partial charge in [0, 0.05) is 18.8 Å². The first-order valence-electron chi connectivity index (χ1n) is 8.48. The van der Waals surface area contributed by atoms with E-state index < -0.39 is 0 Å². The number of nitrogens with zero attached hydrogens (tertiary/aromatic N) is 1. The normalized spacial score (nSPS) is 10.5. The third-order valence-corrected chi connectivity index (χ3v) is 3.73. The molecule has 1 aromatic carbocycles. The van der Waals surface area contributed by atoms with E-state index in [1.165, 1.54) is 25.7 Å². The number of hydrogen-bond acceptors (Lipinski definition) is 3. The molecular formula is C18H30N2O2. The topological polar surface area (TPSA) is 52.6 Å². The van der Waals surface area contributed by atoms with Crippen LogP contribution in [0.1, 0.15) is 52.4 Å². The average Bonchev–Trinajstić information content (AvgIpc) is 2.53. The quantitative estimate of drug-likeness (QED) is 0.480. The van der Waals surface area contributed by atoms with E-state index in [1.807, 2.05) is 4.90 Å². The Labute approximate surface area is 134 Å². The molecule has 0 aromatic heterocycles. The van der Waals surface area contributed by atoms with Gasteiger partial charge in [-0.15, -0.1) is 0 Å². The van der Waals surface area contributed by atoms with Crippen LogP contribution in [-0.2, 0) is 4.79 Å². The second-order valence-corrected chi connectivity index (χ2v) is 5.70. The van der Waals surface area contributed by atoms with Gasteiger partial charge in [-0.2, -0.15) is 0 Å². The number of carbonyl (C=O) groups excluding carboxylic acids is 1. The number of aromatic hydroxyl groups is 1. The number of unbranched alkanes of at least 4 members (excludes halogenated alkanes) is 4. The molecule has 1 rings (SSSR count). The van der Waals surface area contributed by atoms with Gasteiger partial charge in [-0.05, 0) is 37.1 Å². The minimum absolute atomic E-state index is 0.153. The molecule has 0 heterocycles. The molecule has 0 radical (unpaired) electrons. The lowest BCUT2D eigenvalue weighted by molar-refractivity contribution is -0.129. The van der Waals surface area contributed by atoms with Gasteiger partial charge in [-0.25, -0.2) is 0 Å². The van der Waals surface area contributed by atoms with Crippen LogP contribution in [0.15, 0.2) is 24.3 Å². The van der Waals surface area contributed by atoms with Crippen molar-refractivity contribution in [1.82, 2.24) is 4.90 Å². The second kappa shape index (κ2) is 10.9. The zero-order valence-corrected chi connectivity index (χ0v) is 14.0. The number of carbonyl (C=O) groups is 1. The fourth-order valence-corrected chi connectivity index (χ4v) is 2.34. The maximum Gasteiger partial charge on any atom is 0.241 e. The SMILES string of the molecule is CCCCCN(CCCCC)C(=O)CNc1ccc(O)cc1. The van der Waals surface area contributed by atoms with Crippen LogP contribution in [0, 0.1) is 0 Å². The number of hydrogen-bond donors (Lipinski definition) is 2. The summed E-state index contributed by atoms with van der Waals surface area (Å²) in [5, 5.41) is 12.4. The number of phenols is 1. The summed E-state index contributed by atoms with van der Waals surface area (Å²) < 4.78 is 0. The lowest BCUT2D eigenvalue weighted by atomic mass is 10.2. The summed E-state index contributed by atoms with van der Waals surface area (Å²) in [6.07, 6.45) is 6.83. The highest BCUT2D eigenvalue weighted by Gasteiger charge is 2.12. The molecule has 0 saturated heterocycles. The van der Waals surface area contributed by atoms with Crippen molar-refractivity contribution in [3.8, 4) is 5.75 Å². The Balaban J connectivity index is 2.44. The smallest absolute Gasteiger partial charge is 0.241 e. The van der Waals surface area contributed by atoms with Crippen molar-refractivity contribution in [1.29, 1.82) is 0 Å². The number of anilines is 1. The summed E-state index contributed by atoms with van der Waals surface area (Å²) in [6.45, 7) is 6.37. The Morgan fingerprint density at radius 1 is 1.00 bits per heavy atom. The highest BCUT2D eigenvalue weighted by molar-refractivity contribution is 5.80. The van der Waals surface area contributed by atoms with Gasteiger partial charge in [0.05, 0.1) is 6.54 Å². The van der Waals surface area contributed by atoms with Crippen LogP contribution in [-0.4, -0.2) is 35.5 Å². The molecule has 1 amide bonds. The molecule has 0 fully saturated rings. The molecule has 0 aliphatic carbocycles. The van der Waals surface area contributed by atoms with Crippen LogP contribution in [0.5, 0.6) is 5.75 Å². The fraction of sp³-hybridized carbons (Fsp3) is 0.611. The van der Waals surface area contributed by atoms with Gasteiger partial charge in [0.1, 0.15) is 5.75 Å². The molecule has 0 spiro atoms. The van der Waals surface area contributed by atoms with Crippen LogP contribution in [0.25, 0.3) is 0 Å². The second-order valence-electron chi connectivity index (χ2n) is 5.70. The van der Waals surface area contributed by atoms with Crippen molar-refractivity contribution in [2.24, 2.45) is 0 Å². The largest absolute Gasteiger partial charge is 0.508 e. The van der Waals surface area contributed by atoms with E-state index in [1.54, 1.807) is 24.3 Å². The molecule has 0 unspecified atom stereocenters. The van der Waals surface area contributed by atoms with Crippen LogP contribution < -0.4 is 5.32 Å². The Morgan fingerprint density at radius 3 is 2.05 bits per heavy atom. The van der Waals surface area contributed by atoms with Gasteiger partial charge in [0.25, 0.3) is 0 Å². The zero-order valence-electron chi connectivity index (χ0n) is 14.0. The molecule has 0 aliphatic heterocycles. The third kappa shape index (κ3) is 7.34. The van der Waals surface area contributed by atoms with E-state index in [2.05, 4.69) is 19.2 Å². The highest BCUT2D eigenvalue weighted by Crippen LogP contribution is 2.13. The lowest BCUT2D eigenvalue weighted by Gasteiger charge is -2.23. The third-order valence-electron chi connectivity index (χ3n) is 3.73. The Hall–Kier alpha value is -1.71. The first kappa shape index (κ1) is 18.3. The van der Waals surface area contributed by atoms with Crippen molar-refractivity contribution in [3.63, 3.8) is 0 Å². The molecule has 22 heavy (non-hydrogen) atoms. The molecule has 124 valence electrons. The maximum absolute atomic E-state index is 12.4. The molecule has 0 aliphatic rings. The zero-order chi connectivity index (χ0) is 16.2. The van der Waals surface area contributed by atoms with Crippen LogP contribution in [0.2, 0.25) is 0 Å². The van der Waals surface area contributed by atoms with E-state index >= 15 is 0 Å². The summed E-state index contributed by atoms with van der Waals surface area (Å²) in [5.41, 5.74) is 0.855. The van der Waals surface area contributed by atoms with E-state index in [9.17, 15) is 9.90 Å². The van der Waals surface area contributed by atoms with Crippen molar-refractivity contribution < 1.29 is 9.90 Å². The summed E-state index contributed by atoms with van der Waals surface area (Å²) >= 11 is 0. The maximum atomic E-state index is 12.4. The number of phenolic OH excluding ortho intramolecular Hbond substituents is 1. The first-order chi connectivity index (χ1) is 10.7. The molecular weight excluding hydrogens is 276 g/mol. The minimum atomic E-state index is 0.153. The van der Waals surface area contributed by atoms with E-state index in [0.29, 0.717) is 6.54 Å². The number of benzene rings is 1. The summed E-state index contributed by atoms with van der Waals surface area (Å²) in [7, 11) is 0. The molecule has 0 atom stereocenters. The summed E-state index contributed by atoms with van der Waals surface area (Å²) in [4.78, 5) is 14.4. The number of rotatable bonds is 11. The summed E-state index contributed by atoms with van der Waals surface area (Å²) in [6, 6.07) is 6.79. The standard InChI is InChI=1S/C18H30N2O2/c1-3-5-7-13-20(14-8-6-4-2)18(22)15-19-16-9-11-17(21)12-10-16/h9-12,19,21H,3-8,13-15H2,1-2H3. The van der Waals surface area contributed by atoms with Crippen molar-refractivity contribution in [2.45, 2.75) is 52.4 Å². The van der Waals surface area contributed by atoms with Gasteiger partial charge in [-0.1, -0.05) is 39.5 Å². The van der Waals surface area contributed by atoms with Crippen LogP contribution in [0.3, 0.4) is 0 Å². The van der Waals surface area contributed by atoms with E-state index in [-0.39, 0.29) is 11.7 Å². The predicted molar refractivity (Wildman–Crippen MR) is 92.2 cm³/mol. The van der Waals surface area contributed by atoms with Crippen molar-refractivity contribution >= 4 is 11.6 Å². The molecule has 0 bridgehead atoms. The lowest BCUT2D eigenvalue weighted by Crippen LogP contribution is -2.37. The van der Waals surface area contributed by atoms with Crippen molar-refractivity contribution in [2.75, 3.05) is 25.0 Å². The van der Waals surface area contributed by atoms with Crippen molar-refractivity contribution in [3.05, 3.63) is 24.3 Å². The number of nitrogens with one attached hydrogen (secondary N) is 1. The Bertz CT molecular complexity index is 408. The van der Waals surface area contributed by atoms with Gasteiger partial charge in [-0.3, -0.25) is 4.79 Å². The molecule has 1 aromatic rings.